The number of amides is 1. The summed E-state index contributed by atoms with van der Waals surface area (Å²) in [6.07, 6.45) is 0. The van der Waals surface area contributed by atoms with E-state index in [0.29, 0.717) is 17.0 Å². The molecule has 0 aliphatic carbocycles. The van der Waals surface area contributed by atoms with Crippen LogP contribution < -0.4 is 14.8 Å². The Morgan fingerprint density at radius 3 is 2.39 bits per heavy atom. The largest absolute Gasteiger partial charge is 0.497 e. The van der Waals surface area contributed by atoms with Crippen molar-refractivity contribution in [3.63, 3.8) is 0 Å². The van der Waals surface area contributed by atoms with Crippen LogP contribution in [-0.4, -0.2) is 40.1 Å². The molecule has 0 heterocycles. The Kier molecular flexibility index (Phi) is 8.13. The molecule has 0 spiro atoms. The highest BCUT2D eigenvalue weighted by Crippen LogP contribution is 2.17. The number of nitrogens with one attached hydrogen (secondary N) is 2. The van der Waals surface area contributed by atoms with E-state index in [-0.39, 0.29) is 4.90 Å². The molecule has 10 heteroatoms. The lowest BCUT2D eigenvalue weighted by Gasteiger charge is -2.20. The van der Waals surface area contributed by atoms with Crippen LogP contribution in [0.4, 0.5) is 5.69 Å². The maximum atomic E-state index is 12.6. The summed E-state index contributed by atoms with van der Waals surface area (Å²) in [5.41, 5.74) is 0.739. The van der Waals surface area contributed by atoms with Gasteiger partial charge in [0.05, 0.1) is 23.6 Å². The minimum atomic E-state index is -4.01. The number of benzene rings is 2. The first-order valence-electron chi connectivity index (χ1n) is 9.29. The second-order valence-corrected chi connectivity index (χ2v) is 8.58. The molecule has 0 fully saturated rings. The van der Waals surface area contributed by atoms with Crippen molar-refractivity contribution in [2.75, 3.05) is 19.0 Å². The zero-order chi connectivity index (χ0) is 23.0. The fraction of sp³-hybridized carbons (Fsp3) is 0.286. The van der Waals surface area contributed by atoms with Crippen LogP contribution in [0.1, 0.15) is 19.4 Å². The summed E-state index contributed by atoms with van der Waals surface area (Å²) in [6.45, 7) is 2.69. The first kappa shape index (κ1) is 23.9. The molecule has 0 saturated heterocycles. The Morgan fingerprint density at radius 2 is 1.81 bits per heavy atom. The van der Waals surface area contributed by atoms with Crippen LogP contribution in [0.5, 0.6) is 5.75 Å². The van der Waals surface area contributed by atoms with Crippen molar-refractivity contribution < 1.29 is 27.5 Å². The molecular weight excluding hydrogens is 422 g/mol. The molecule has 2 aromatic rings. The molecule has 164 valence electrons. The van der Waals surface area contributed by atoms with Gasteiger partial charge in [0, 0.05) is 5.69 Å². The molecule has 1 amide bonds. The Hall–Kier alpha value is -3.42. The van der Waals surface area contributed by atoms with Crippen LogP contribution in [0.25, 0.3) is 0 Å². The van der Waals surface area contributed by atoms with Gasteiger partial charge in [-0.2, -0.15) is 9.98 Å². The van der Waals surface area contributed by atoms with Crippen LogP contribution in [0.2, 0.25) is 0 Å². The average Bonchev–Trinajstić information content (AvgIpc) is 2.75. The summed E-state index contributed by atoms with van der Waals surface area (Å²) < 4.78 is 37.6. The molecule has 0 radical (unpaired) electrons. The zero-order valence-electron chi connectivity index (χ0n) is 17.3. The van der Waals surface area contributed by atoms with Crippen LogP contribution in [-0.2, 0) is 24.3 Å². The quantitative estimate of drug-likeness (QED) is 0.564. The third-order valence-electron chi connectivity index (χ3n) is 4.19. The lowest BCUT2D eigenvalue weighted by Crippen LogP contribution is -2.45. The third-order valence-corrected chi connectivity index (χ3v) is 5.65. The zero-order valence-corrected chi connectivity index (χ0v) is 18.1. The van der Waals surface area contributed by atoms with Gasteiger partial charge in [0.15, 0.2) is 6.61 Å². The van der Waals surface area contributed by atoms with Gasteiger partial charge in [-0.15, -0.1) is 0 Å². The van der Waals surface area contributed by atoms with Gasteiger partial charge in [0.2, 0.25) is 10.0 Å². The van der Waals surface area contributed by atoms with Crippen molar-refractivity contribution in [2.45, 2.75) is 24.8 Å². The fourth-order valence-electron chi connectivity index (χ4n) is 2.54. The van der Waals surface area contributed by atoms with Gasteiger partial charge in [0.1, 0.15) is 11.8 Å². The number of sulfonamides is 1. The second kappa shape index (κ2) is 10.6. The molecule has 2 rings (SSSR count). The van der Waals surface area contributed by atoms with Crippen molar-refractivity contribution in [3.8, 4) is 11.8 Å². The molecule has 0 unspecified atom stereocenters. The minimum Gasteiger partial charge on any atom is -0.497 e. The van der Waals surface area contributed by atoms with E-state index in [1.165, 1.54) is 37.4 Å². The molecule has 9 nitrogen and oxygen atoms in total. The standard InChI is InChI=1S/C21H23N3O6S/c1-14(2)20(24-31(27,28)18-9-7-17(29-3)8-10-18)21(26)30-13-19(25)23-16-6-4-5-15(11-16)12-22/h4-11,14,20,24H,13H2,1-3H3,(H,23,25)/t20-/m0/s1. The molecule has 0 bridgehead atoms. The summed E-state index contributed by atoms with van der Waals surface area (Å²) in [5, 5.41) is 11.4. The predicted octanol–water partition coefficient (Wildman–Crippen LogP) is 2.05. The van der Waals surface area contributed by atoms with Gasteiger partial charge < -0.3 is 14.8 Å². The maximum absolute atomic E-state index is 12.6. The summed E-state index contributed by atoms with van der Waals surface area (Å²) in [6, 6.07) is 12.7. The lowest BCUT2D eigenvalue weighted by molar-refractivity contribution is -0.150. The van der Waals surface area contributed by atoms with E-state index in [0.717, 1.165) is 0 Å². The summed E-state index contributed by atoms with van der Waals surface area (Å²) in [5.74, 6) is -1.45. The number of anilines is 1. The number of rotatable bonds is 9. The summed E-state index contributed by atoms with van der Waals surface area (Å²) in [4.78, 5) is 24.5. The minimum absolute atomic E-state index is 0.0399. The molecule has 2 N–H and O–H groups in total. The number of nitriles is 1. The third kappa shape index (κ3) is 6.80. The number of hydrogen-bond acceptors (Lipinski definition) is 7. The predicted molar refractivity (Wildman–Crippen MR) is 113 cm³/mol. The molecule has 1 atom stereocenters. The number of methoxy groups -OCH3 is 1. The van der Waals surface area contributed by atoms with Crippen LogP contribution in [0, 0.1) is 17.2 Å². The van der Waals surface area contributed by atoms with Crippen molar-refractivity contribution in [2.24, 2.45) is 5.92 Å². The van der Waals surface area contributed by atoms with Gasteiger partial charge in [-0.1, -0.05) is 19.9 Å². The number of ether oxygens (including phenoxy) is 2. The number of carbonyl (C=O) groups excluding carboxylic acids is 2. The van der Waals surface area contributed by atoms with Gasteiger partial charge >= 0.3 is 5.97 Å². The van der Waals surface area contributed by atoms with Gasteiger partial charge in [-0.3, -0.25) is 9.59 Å². The smallest absolute Gasteiger partial charge is 0.324 e. The van der Waals surface area contributed by atoms with Gasteiger partial charge in [-0.25, -0.2) is 8.42 Å². The normalized spacial score (nSPS) is 12.0. The average molecular weight is 445 g/mol. The molecule has 2 aromatic carbocycles. The SMILES string of the molecule is COc1ccc(S(=O)(=O)N[C@H](C(=O)OCC(=O)Nc2cccc(C#N)c2)C(C)C)cc1. The topological polar surface area (TPSA) is 135 Å². The van der Waals surface area contributed by atoms with E-state index >= 15 is 0 Å². The Bertz CT molecular complexity index is 1080. The van der Waals surface area contributed by atoms with Crippen LogP contribution >= 0.6 is 0 Å². The second-order valence-electron chi connectivity index (χ2n) is 6.87. The van der Waals surface area contributed by atoms with Crippen molar-refractivity contribution in [1.29, 1.82) is 5.26 Å². The summed E-state index contributed by atoms with van der Waals surface area (Å²) in [7, 11) is -2.55. The van der Waals surface area contributed by atoms with E-state index in [1.807, 2.05) is 6.07 Å². The van der Waals surface area contributed by atoms with E-state index in [9.17, 15) is 18.0 Å². The van der Waals surface area contributed by atoms with Gasteiger partial charge in [-0.05, 0) is 48.4 Å². The number of esters is 1. The van der Waals surface area contributed by atoms with E-state index in [4.69, 9.17) is 14.7 Å². The molecule has 0 saturated carbocycles. The van der Waals surface area contributed by atoms with Crippen molar-refractivity contribution in [1.82, 2.24) is 4.72 Å². The summed E-state index contributed by atoms with van der Waals surface area (Å²) >= 11 is 0. The molecular formula is C21H23N3O6S. The number of carbonyl (C=O) groups is 2. The van der Waals surface area contributed by atoms with Crippen LogP contribution in [0.3, 0.4) is 0 Å². The van der Waals surface area contributed by atoms with E-state index in [1.54, 1.807) is 32.0 Å². The Balaban J connectivity index is 2.01. The van der Waals surface area contributed by atoms with Crippen molar-refractivity contribution in [3.05, 3.63) is 54.1 Å². The van der Waals surface area contributed by atoms with E-state index in [2.05, 4.69) is 10.0 Å². The Labute approximate surface area is 181 Å². The highest BCUT2D eigenvalue weighted by Gasteiger charge is 2.30. The number of hydrogen-bond donors (Lipinski definition) is 2. The molecule has 0 aromatic heterocycles. The highest BCUT2D eigenvalue weighted by atomic mass is 32.2. The molecule has 0 aliphatic rings. The van der Waals surface area contributed by atoms with E-state index < -0.39 is 40.5 Å². The first-order chi connectivity index (χ1) is 14.7. The van der Waals surface area contributed by atoms with Crippen molar-refractivity contribution >= 4 is 27.6 Å². The first-order valence-corrected chi connectivity index (χ1v) is 10.8. The molecule has 0 aliphatic heterocycles. The number of nitrogens with zero attached hydrogens (tertiary/aromatic N) is 1. The van der Waals surface area contributed by atoms with Crippen LogP contribution in [0.15, 0.2) is 53.4 Å². The maximum Gasteiger partial charge on any atom is 0.324 e. The fourth-order valence-corrected chi connectivity index (χ4v) is 3.87. The lowest BCUT2D eigenvalue weighted by atomic mass is 10.1. The Morgan fingerprint density at radius 1 is 1.13 bits per heavy atom. The molecule has 31 heavy (non-hydrogen) atoms. The highest BCUT2D eigenvalue weighted by molar-refractivity contribution is 7.89. The van der Waals surface area contributed by atoms with Gasteiger partial charge in [0.25, 0.3) is 5.91 Å². The monoisotopic (exact) mass is 445 g/mol.